The second kappa shape index (κ2) is 12.3. The van der Waals surface area contributed by atoms with Gasteiger partial charge in [-0.15, -0.1) is 0 Å². The summed E-state index contributed by atoms with van der Waals surface area (Å²) in [6, 6.07) is 3.63. The Morgan fingerprint density at radius 1 is 1.06 bits per heavy atom. The molecule has 1 rings (SSSR count). The largest absolute Gasteiger partial charge is 0.444 e. The smallest absolute Gasteiger partial charge is 0.408 e. The Kier molecular flexibility index (Phi) is 10.7. The highest BCUT2D eigenvalue weighted by atomic mass is 32.1. The lowest BCUT2D eigenvalue weighted by molar-refractivity contribution is -0.144. The summed E-state index contributed by atoms with van der Waals surface area (Å²) in [4.78, 5) is 41.1. The summed E-state index contributed by atoms with van der Waals surface area (Å²) in [5.74, 6) is -0.583. The fourth-order valence-corrected chi connectivity index (χ4v) is 3.59. The van der Waals surface area contributed by atoms with Crippen molar-refractivity contribution in [2.24, 2.45) is 0 Å². The van der Waals surface area contributed by atoms with Gasteiger partial charge in [0.2, 0.25) is 11.8 Å². The maximum absolute atomic E-state index is 13.8. The first kappa shape index (κ1) is 28.8. The van der Waals surface area contributed by atoms with Gasteiger partial charge in [0.05, 0.1) is 0 Å². The molecule has 0 heterocycles. The molecule has 0 fully saturated rings. The highest BCUT2D eigenvalue weighted by Gasteiger charge is 2.38. The van der Waals surface area contributed by atoms with Crippen molar-refractivity contribution in [1.29, 1.82) is 0 Å². The van der Waals surface area contributed by atoms with Crippen LogP contribution in [0.2, 0.25) is 0 Å². The number of benzene rings is 1. The Morgan fingerprint density at radius 3 is 2.12 bits per heavy atom. The molecule has 1 aromatic carbocycles. The minimum atomic E-state index is -0.946. The third-order valence-electron chi connectivity index (χ3n) is 5.30. The van der Waals surface area contributed by atoms with Gasteiger partial charge >= 0.3 is 6.09 Å². The number of carbonyl (C=O) groups excluding carboxylic acids is 3. The molecule has 3 amide bonds. The van der Waals surface area contributed by atoms with Crippen molar-refractivity contribution in [3.63, 3.8) is 0 Å². The van der Waals surface area contributed by atoms with Crippen LogP contribution in [0, 0.1) is 13.8 Å². The lowest BCUT2D eigenvalue weighted by atomic mass is 9.96. The van der Waals surface area contributed by atoms with E-state index in [-0.39, 0.29) is 29.7 Å². The fraction of sp³-hybridized carbons (Fsp3) is 0.640. The molecule has 186 valence electrons. The Labute approximate surface area is 204 Å². The zero-order chi connectivity index (χ0) is 25.5. The minimum Gasteiger partial charge on any atom is -0.444 e. The third-order valence-corrected chi connectivity index (χ3v) is 5.66. The first-order valence-corrected chi connectivity index (χ1v) is 12.1. The number of ether oxygens (including phenoxy) is 1. The average molecular weight is 480 g/mol. The van der Waals surface area contributed by atoms with Crippen LogP contribution >= 0.6 is 12.6 Å². The lowest BCUT2D eigenvalue weighted by Gasteiger charge is -2.38. The Morgan fingerprint density at radius 2 is 1.67 bits per heavy atom. The summed E-state index contributed by atoms with van der Waals surface area (Å²) in [6.07, 6.45) is -0.0679. The summed E-state index contributed by atoms with van der Waals surface area (Å²) >= 11 is 4.31. The van der Waals surface area contributed by atoms with Gasteiger partial charge in [-0.05, 0) is 78.5 Å². The summed E-state index contributed by atoms with van der Waals surface area (Å²) < 4.78 is 5.33. The summed E-state index contributed by atoms with van der Waals surface area (Å²) in [5, 5.41) is 5.58. The zero-order valence-electron chi connectivity index (χ0n) is 21.5. The molecule has 3 unspecified atom stereocenters. The molecule has 7 nitrogen and oxygen atoms in total. The number of nitrogens with zero attached hydrogens (tertiary/aromatic N) is 1. The number of aryl methyl sites for hydroxylation is 2. The van der Waals surface area contributed by atoms with Crippen LogP contribution in [0.25, 0.3) is 0 Å². The van der Waals surface area contributed by atoms with Crippen LogP contribution in [-0.2, 0) is 14.3 Å². The van der Waals surface area contributed by atoms with Crippen LogP contribution in [-0.4, -0.2) is 52.3 Å². The van der Waals surface area contributed by atoms with Gasteiger partial charge < -0.3 is 20.3 Å². The second-order valence-corrected chi connectivity index (χ2v) is 10.2. The third kappa shape index (κ3) is 8.57. The van der Waals surface area contributed by atoms with Crippen molar-refractivity contribution in [3.05, 3.63) is 34.9 Å². The molecule has 0 aliphatic heterocycles. The molecule has 0 aliphatic carbocycles. The molecule has 0 aromatic heterocycles. The maximum atomic E-state index is 13.8. The monoisotopic (exact) mass is 479 g/mol. The van der Waals surface area contributed by atoms with E-state index < -0.39 is 23.8 Å². The SMILES string of the molecule is CCC(C)N(C(=O)C(CS)NC(=O)OC(C)(C)C)C(C(=O)NC(C)C)c1ccc(C)c(C)c1. The van der Waals surface area contributed by atoms with Crippen molar-refractivity contribution in [3.8, 4) is 0 Å². The van der Waals surface area contributed by atoms with Gasteiger partial charge in [0.1, 0.15) is 17.7 Å². The highest BCUT2D eigenvalue weighted by molar-refractivity contribution is 7.80. The standard InChI is InChI=1S/C25H41N3O4S/c1-10-18(6)28(23(30)20(14-33)27-24(31)32-25(7,8)9)21(22(29)26-15(2)3)19-12-11-16(4)17(5)13-19/h11-13,15,18,20-21,33H,10,14H2,1-9H3,(H,26,29)(H,27,31). The second-order valence-electron chi connectivity index (χ2n) is 9.79. The summed E-state index contributed by atoms with van der Waals surface area (Å²) in [6.45, 7) is 16.9. The van der Waals surface area contributed by atoms with E-state index >= 15 is 0 Å². The van der Waals surface area contributed by atoms with Gasteiger partial charge in [-0.1, -0.05) is 25.1 Å². The van der Waals surface area contributed by atoms with Gasteiger partial charge in [0.25, 0.3) is 0 Å². The molecule has 0 saturated carbocycles. The Balaban J connectivity index is 3.46. The van der Waals surface area contributed by atoms with Gasteiger partial charge in [-0.3, -0.25) is 9.59 Å². The maximum Gasteiger partial charge on any atom is 0.408 e. The lowest BCUT2D eigenvalue weighted by Crippen LogP contribution is -2.56. The number of amides is 3. The van der Waals surface area contributed by atoms with Crippen molar-refractivity contribution in [2.45, 2.75) is 98.5 Å². The summed E-state index contributed by atoms with van der Waals surface area (Å²) in [7, 11) is 0. The predicted molar refractivity (Wildman–Crippen MR) is 136 cm³/mol. The molecule has 0 radical (unpaired) electrons. The van der Waals surface area contributed by atoms with Crippen LogP contribution < -0.4 is 10.6 Å². The number of nitrogens with one attached hydrogen (secondary N) is 2. The van der Waals surface area contributed by atoms with Crippen molar-refractivity contribution in [2.75, 3.05) is 5.75 Å². The molecule has 3 atom stereocenters. The van der Waals surface area contributed by atoms with Gasteiger partial charge in [0, 0.05) is 17.8 Å². The van der Waals surface area contributed by atoms with Gasteiger partial charge in [-0.2, -0.15) is 12.6 Å². The number of alkyl carbamates (subject to hydrolysis) is 1. The number of thiol groups is 1. The molecule has 0 spiro atoms. The number of hydrogen-bond acceptors (Lipinski definition) is 5. The molecule has 1 aromatic rings. The van der Waals surface area contributed by atoms with E-state index in [1.54, 1.807) is 25.7 Å². The fourth-order valence-electron chi connectivity index (χ4n) is 3.35. The van der Waals surface area contributed by atoms with Gasteiger partial charge in [-0.25, -0.2) is 4.79 Å². The average Bonchev–Trinajstić information content (AvgIpc) is 2.69. The number of hydrogen-bond donors (Lipinski definition) is 3. The number of rotatable bonds is 9. The molecule has 0 bridgehead atoms. The van der Waals surface area contributed by atoms with Gasteiger partial charge in [0.15, 0.2) is 0 Å². The molecule has 33 heavy (non-hydrogen) atoms. The van der Waals surface area contributed by atoms with E-state index in [4.69, 9.17) is 4.74 Å². The minimum absolute atomic E-state index is 0.0659. The van der Waals surface area contributed by atoms with Crippen LogP contribution in [0.4, 0.5) is 4.79 Å². The van der Waals surface area contributed by atoms with E-state index in [0.717, 1.165) is 16.7 Å². The predicted octanol–water partition coefficient (Wildman–Crippen LogP) is 4.32. The Hall–Kier alpha value is -2.22. The quantitative estimate of drug-likeness (QED) is 0.460. The van der Waals surface area contributed by atoms with E-state index in [1.807, 2.05) is 59.7 Å². The van der Waals surface area contributed by atoms with E-state index in [9.17, 15) is 14.4 Å². The molecule has 2 N–H and O–H groups in total. The number of carbonyl (C=O) groups is 3. The van der Waals surface area contributed by atoms with Crippen molar-refractivity contribution >= 4 is 30.5 Å². The normalized spacial score (nSPS) is 14.3. The van der Waals surface area contributed by atoms with E-state index in [0.29, 0.717) is 6.42 Å². The van der Waals surface area contributed by atoms with Crippen LogP contribution in [0.5, 0.6) is 0 Å². The highest BCUT2D eigenvalue weighted by Crippen LogP contribution is 2.28. The van der Waals surface area contributed by atoms with Crippen LogP contribution in [0.3, 0.4) is 0 Å². The van der Waals surface area contributed by atoms with Crippen molar-refractivity contribution < 1.29 is 19.1 Å². The van der Waals surface area contributed by atoms with E-state index in [2.05, 4.69) is 23.3 Å². The van der Waals surface area contributed by atoms with E-state index in [1.165, 1.54) is 0 Å². The molecular formula is C25H41N3O4S. The zero-order valence-corrected chi connectivity index (χ0v) is 22.4. The Bertz CT molecular complexity index is 835. The van der Waals surface area contributed by atoms with Crippen LogP contribution in [0.15, 0.2) is 18.2 Å². The first-order valence-electron chi connectivity index (χ1n) is 11.5. The van der Waals surface area contributed by atoms with Crippen LogP contribution in [0.1, 0.15) is 77.6 Å². The summed E-state index contributed by atoms with van der Waals surface area (Å²) in [5.41, 5.74) is 2.15. The molecule has 0 aliphatic rings. The topological polar surface area (TPSA) is 87.7 Å². The first-order chi connectivity index (χ1) is 15.2. The molecule has 0 saturated heterocycles. The molecule has 8 heteroatoms. The van der Waals surface area contributed by atoms with Crippen molar-refractivity contribution in [1.82, 2.24) is 15.5 Å². The molecular weight excluding hydrogens is 438 g/mol.